The van der Waals surface area contributed by atoms with Crippen LogP contribution in [0, 0.1) is 0 Å². The second kappa shape index (κ2) is 5.08. The summed E-state index contributed by atoms with van der Waals surface area (Å²) in [5, 5.41) is 4.10. The van der Waals surface area contributed by atoms with Gasteiger partial charge >= 0.3 is 0 Å². The Bertz CT molecular complexity index is 432. The van der Waals surface area contributed by atoms with Crippen LogP contribution in [0.15, 0.2) is 18.2 Å². The number of nitrogens with one attached hydrogen (secondary N) is 1. The van der Waals surface area contributed by atoms with Crippen molar-refractivity contribution in [2.45, 2.75) is 37.5 Å². The van der Waals surface area contributed by atoms with Crippen LogP contribution in [-0.4, -0.2) is 25.9 Å². The Morgan fingerprint density at radius 3 is 2.94 bits per heavy atom. The third kappa shape index (κ3) is 2.22. The molecule has 0 aliphatic carbocycles. The van der Waals surface area contributed by atoms with Crippen LogP contribution in [0.5, 0.6) is 5.75 Å². The number of rotatable bonds is 2. The summed E-state index contributed by atoms with van der Waals surface area (Å²) in [6.45, 7) is 0.863. The van der Waals surface area contributed by atoms with Crippen LogP contribution in [-0.2, 0) is 4.74 Å². The van der Waals surface area contributed by atoms with Gasteiger partial charge in [0.25, 0.3) is 0 Å². The van der Waals surface area contributed by atoms with E-state index < -0.39 is 0 Å². The Hall–Kier alpha value is -0.770. The number of fused-ring (bicyclic) bond motifs is 1. The summed E-state index contributed by atoms with van der Waals surface area (Å²) in [5.74, 6) is 0.936. The number of hydrogen-bond acceptors (Lipinski definition) is 3. The molecule has 1 aromatic rings. The maximum Gasteiger partial charge on any atom is 0.127 e. The molecule has 0 spiro atoms. The van der Waals surface area contributed by atoms with Gasteiger partial charge in [0.15, 0.2) is 0 Å². The first kappa shape index (κ1) is 12.3. The highest BCUT2D eigenvalue weighted by atomic mass is 35.5. The van der Waals surface area contributed by atoms with Crippen LogP contribution in [0.3, 0.4) is 0 Å². The van der Waals surface area contributed by atoms with E-state index >= 15 is 0 Å². The lowest BCUT2D eigenvalue weighted by molar-refractivity contribution is -0.00396. The Kier molecular flexibility index (Phi) is 3.46. The molecule has 2 aliphatic rings. The van der Waals surface area contributed by atoms with Crippen molar-refractivity contribution in [1.29, 1.82) is 0 Å². The molecule has 98 valence electrons. The summed E-state index contributed by atoms with van der Waals surface area (Å²) in [7, 11) is 1.98. The van der Waals surface area contributed by atoms with Gasteiger partial charge in [-0.15, -0.1) is 0 Å². The van der Waals surface area contributed by atoms with Gasteiger partial charge < -0.3 is 14.8 Å². The van der Waals surface area contributed by atoms with E-state index in [1.54, 1.807) is 0 Å². The highest BCUT2D eigenvalue weighted by Gasteiger charge is 2.34. The number of halogens is 1. The van der Waals surface area contributed by atoms with E-state index in [9.17, 15) is 0 Å². The van der Waals surface area contributed by atoms with E-state index in [0.717, 1.165) is 42.2 Å². The molecule has 0 amide bonds. The first-order valence-electron chi connectivity index (χ1n) is 6.53. The van der Waals surface area contributed by atoms with Crippen molar-refractivity contribution in [2.24, 2.45) is 0 Å². The lowest BCUT2D eigenvalue weighted by Crippen LogP contribution is -2.39. The molecule has 4 heteroatoms. The Morgan fingerprint density at radius 1 is 1.33 bits per heavy atom. The number of hydrogen-bond donors (Lipinski definition) is 1. The zero-order valence-electron chi connectivity index (χ0n) is 10.5. The van der Waals surface area contributed by atoms with Crippen LogP contribution < -0.4 is 10.1 Å². The second-order valence-electron chi connectivity index (χ2n) is 4.97. The van der Waals surface area contributed by atoms with Crippen LogP contribution in [0.25, 0.3) is 0 Å². The molecule has 1 saturated heterocycles. The maximum atomic E-state index is 6.08. The van der Waals surface area contributed by atoms with Gasteiger partial charge in [0.2, 0.25) is 0 Å². The minimum Gasteiger partial charge on any atom is -0.487 e. The standard InChI is InChI=1S/C14H18ClNO2/c1-16-11-8-14(13-3-2-6-17-13)18-12-5-4-9(15)7-10(11)12/h4-5,7,11,13-14,16H,2-3,6,8H2,1H3. The van der Waals surface area contributed by atoms with Gasteiger partial charge in [0.05, 0.1) is 6.10 Å². The van der Waals surface area contributed by atoms with Gasteiger partial charge in [-0.05, 0) is 38.1 Å². The van der Waals surface area contributed by atoms with E-state index in [1.165, 1.54) is 0 Å². The average Bonchev–Trinajstić information content (AvgIpc) is 2.91. The maximum absolute atomic E-state index is 6.08. The molecule has 2 heterocycles. The topological polar surface area (TPSA) is 30.5 Å². The molecule has 3 nitrogen and oxygen atoms in total. The predicted molar refractivity (Wildman–Crippen MR) is 71.3 cm³/mol. The summed E-state index contributed by atoms with van der Waals surface area (Å²) in [6.07, 6.45) is 3.57. The quantitative estimate of drug-likeness (QED) is 0.894. The Balaban J connectivity index is 1.86. The highest BCUT2D eigenvalue weighted by Crippen LogP contribution is 2.38. The van der Waals surface area contributed by atoms with Crippen LogP contribution in [0.4, 0.5) is 0 Å². The zero-order valence-corrected chi connectivity index (χ0v) is 11.2. The molecule has 0 saturated carbocycles. The zero-order chi connectivity index (χ0) is 12.5. The first-order chi connectivity index (χ1) is 8.78. The molecule has 1 aromatic carbocycles. The third-order valence-electron chi connectivity index (χ3n) is 3.82. The van der Waals surface area contributed by atoms with E-state index in [2.05, 4.69) is 5.32 Å². The molecule has 0 radical (unpaired) electrons. The van der Waals surface area contributed by atoms with Gasteiger partial charge in [-0.2, -0.15) is 0 Å². The third-order valence-corrected chi connectivity index (χ3v) is 4.06. The van der Waals surface area contributed by atoms with Crippen molar-refractivity contribution in [1.82, 2.24) is 5.32 Å². The molecule has 1 fully saturated rings. The van der Waals surface area contributed by atoms with Crippen molar-refractivity contribution >= 4 is 11.6 Å². The van der Waals surface area contributed by atoms with Crippen molar-refractivity contribution in [3.63, 3.8) is 0 Å². The van der Waals surface area contributed by atoms with Gasteiger partial charge in [-0.25, -0.2) is 0 Å². The van der Waals surface area contributed by atoms with Crippen molar-refractivity contribution in [2.75, 3.05) is 13.7 Å². The fraction of sp³-hybridized carbons (Fsp3) is 0.571. The molecule has 1 N–H and O–H groups in total. The largest absolute Gasteiger partial charge is 0.487 e. The summed E-state index contributed by atoms with van der Waals surface area (Å²) < 4.78 is 11.8. The first-order valence-corrected chi connectivity index (χ1v) is 6.90. The van der Waals surface area contributed by atoms with Crippen LogP contribution in [0.1, 0.15) is 30.9 Å². The highest BCUT2D eigenvalue weighted by molar-refractivity contribution is 6.30. The van der Waals surface area contributed by atoms with E-state index in [4.69, 9.17) is 21.1 Å². The molecule has 2 aliphatic heterocycles. The predicted octanol–water partition coefficient (Wildman–Crippen LogP) is 2.93. The van der Waals surface area contributed by atoms with E-state index in [0.29, 0.717) is 6.04 Å². The second-order valence-corrected chi connectivity index (χ2v) is 5.40. The fourth-order valence-electron chi connectivity index (χ4n) is 2.87. The fourth-order valence-corrected chi connectivity index (χ4v) is 3.05. The minimum atomic E-state index is 0.152. The molecule has 18 heavy (non-hydrogen) atoms. The summed E-state index contributed by atoms with van der Waals surface area (Å²) in [5.41, 5.74) is 1.15. The molecule has 0 bridgehead atoms. The molecular formula is C14H18ClNO2. The van der Waals surface area contributed by atoms with Gasteiger partial charge in [-0.1, -0.05) is 11.6 Å². The van der Waals surface area contributed by atoms with Crippen molar-refractivity contribution in [3.8, 4) is 5.75 Å². The van der Waals surface area contributed by atoms with Crippen molar-refractivity contribution in [3.05, 3.63) is 28.8 Å². The number of benzene rings is 1. The normalized spacial score (nSPS) is 30.9. The Labute approximate surface area is 112 Å². The monoisotopic (exact) mass is 267 g/mol. The summed E-state index contributed by atoms with van der Waals surface area (Å²) in [4.78, 5) is 0. The van der Waals surface area contributed by atoms with Crippen LogP contribution in [0.2, 0.25) is 5.02 Å². The van der Waals surface area contributed by atoms with Crippen molar-refractivity contribution < 1.29 is 9.47 Å². The Morgan fingerprint density at radius 2 is 2.22 bits per heavy atom. The van der Waals surface area contributed by atoms with E-state index in [-0.39, 0.29) is 12.2 Å². The lowest BCUT2D eigenvalue weighted by Gasteiger charge is -2.34. The van der Waals surface area contributed by atoms with Gasteiger partial charge in [0.1, 0.15) is 11.9 Å². The minimum absolute atomic E-state index is 0.152. The van der Waals surface area contributed by atoms with Crippen LogP contribution >= 0.6 is 11.6 Å². The van der Waals surface area contributed by atoms with Gasteiger partial charge in [-0.3, -0.25) is 0 Å². The SMILES string of the molecule is CNC1CC(C2CCCO2)Oc2ccc(Cl)cc21. The molecule has 3 atom stereocenters. The van der Waals surface area contributed by atoms with Gasteiger partial charge in [0, 0.05) is 29.7 Å². The molecule has 3 unspecified atom stereocenters. The molecule has 0 aromatic heterocycles. The number of ether oxygens (including phenoxy) is 2. The summed E-state index contributed by atoms with van der Waals surface area (Å²) >= 11 is 6.05. The molecule has 3 rings (SSSR count). The summed E-state index contributed by atoms with van der Waals surface area (Å²) in [6, 6.07) is 6.12. The average molecular weight is 268 g/mol. The van der Waals surface area contributed by atoms with E-state index in [1.807, 2.05) is 25.2 Å². The lowest BCUT2D eigenvalue weighted by atomic mass is 9.93. The smallest absolute Gasteiger partial charge is 0.127 e. The molecular weight excluding hydrogens is 250 g/mol.